The van der Waals surface area contributed by atoms with E-state index < -0.39 is 0 Å². The average Bonchev–Trinajstić information content (AvgIpc) is 3.07. The zero-order valence-electron chi connectivity index (χ0n) is 9.42. The third-order valence-corrected chi connectivity index (χ3v) is 3.94. The van der Waals surface area contributed by atoms with Crippen LogP contribution in [0.25, 0.3) is 0 Å². The van der Waals surface area contributed by atoms with Crippen LogP contribution in [-0.2, 0) is 10.2 Å². The van der Waals surface area contributed by atoms with Crippen LogP contribution in [0.1, 0.15) is 31.7 Å². The van der Waals surface area contributed by atoms with Gasteiger partial charge in [0.2, 0.25) is 5.91 Å². The normalized spacial score (nSPS) is 16.9. The number of amides is 1. The molecule has 2 nitrogen and oxygen atoms in total. The first kappa shape index (κ1) is 11.6. The van der Waals surface area contributed by atoms with E-state index in [0.717, 1.165) is 11.0 Å². The van der Waals surface area contributed by atoms with Gasteiger partial charge in [0.15, 0.2) is 0 Å². The van der Waals surface area contributed by atoms with Gasteiger partial charge in [-0.15, -0.1) is 0 Å². The van der Waals surface area contributed by atoms with Gasteiger partial charge in [0, 0.05) is 22.9 Å². The maximum atomic E-state index is 11.3. The Morgan fingerprint density at radius 3 is 2.69 bits per heavy atom. The molecule has 1 aliphatic rings. The van der Waals surface area contributed by atoms with Crippen molar-refractivity contribution in [3.63, 3.8) is 0 Å². The van der Waals surface area contributed by atoms with Crippen molar-refractivity contribution in [3.8, 4) is 0 Å². The van der Waals surface area contributed by atoms with E-state index >= 15 is 0 Å². The van der Waals surface area contributed by atoms with Crippen molar-refractivity contribution in [1.29, 1.82) is 0 Å². The third-order valence-electron chi connectivity index (χ3n) is 3.24. The summed E-state index contributed by atoms with van der Waals surface area (Å²) in [5.74, 6) is 0.137. The number of rotatable bonds is 4. The summed E-state index contributed by atoms with van der Waals surface area (Å²) in [5.41, 5.74) is 1.51. The van der Waals surface area contributed by atoms with Crippen LogP contribution in [0.5, 0.6) is 0 Å². The first-order chi connectivity index (χ1) is 7.68. The molecule has 1 fully saturated rings. The Kier molecular flexibility index (Phi) is 3.33. The van der Waals surface area contributed by atoms with E-state index in [9.17, 15) is 4.79 Å². The molecular weight excluding hydrogens is 266 g/mol. The third kappa shape index (κ3) is 2.29. The molecule has 1 aliphatic carbocycles. The lowest BCUT2D eigenvalue weighted by Crippen LogP contribution is -2.31. The van der Waals surface area contributed by atoms with Crippen LogP contribution < -0.4 is 5.32 Å². The number of benzene rings is 1. The van der Waals surface area contributed by atoms with Gasteiger partial charge >= 0.3 is 0 Å². The van der Waals surface area contributed by atoms with E-state index in [4.69, 9.17) is 0 Å². The topological polar surface area (TPSA) is 29.1 Å². The number of carbonyl (C=O) groups is 1. The fourth-order valence-corrected chi connectivity index (χ4v) is 2.68. The van der Waals surface area contributed by atoms with Gasteiger partial charge < -0.3 is 5.32 Å². The van der Waals surface area contributed by atoms with Crippen LogP contribution in [0.15, 0.2) is 28.7 Å². The molecule has 1 saturated carbocycles. The minimum atomic E-state index is 0.137. The van der Waals surface area contributed by atoms with E-state index in [0.29, 0.717) is 6.42 Å². The van der Waals surface area contributed by atoms with Crippen molar-refractivity contribution in [1.82, 2.24) is 5.32 Å². The molecule has 1 aromatic carbocycles. The molecule has 3 heteroatoms. The lowest BCUT2D eigenvalue weighted by molar-refractivity contribution is -0.120. The lowest BCUT2D eigenvalue weighted by Gasteiger charge is -2.17. The van der Waals surface area contributed by atoms with Crippen molar-refractivity contribution in [2.75, 3.05) is 6.54 Å². The zero-order chi connectivity index (χ0) is 11.6. The summed E-state index contributed by atoms with van der Waals surface area (Å²) in [4.78, 5) is 11.3. The summed E-state index contributed by atoms with van der Waals surface area (Å²) in [6.07, 6.45) is 2.89. The molecular formula is C13H16BrNO. The summed E-state index contributed by atoms with van der Waals surface area (Å²) in [6.45, 7) is 2.65. The highest BCUT2D eigenvalue weighted by Crippen LogP contribution is 2.49. The predicted molar refractivity (Wildman–Crippen MR) is 68.4 cm³/mol. The Bertz CT molecular complexity index is 399. The molecule has 0 spiro atoms. The minimum Gasteiger partial charge on any atom is -0.355 e. The minimum absolute atomic E-state index is 0.137. The number of nitrogens with one attached hydrogen (secondary N) is 1. The SMILES string of the molecule is CCC(=O)NCC1(c2ccccc2Br)CC1. The van der Waals surface area contributed by atoms with Crippen LogP contribution in [0, 0.1) is 0 Å². The first-order valence-corrected chi connectivity index (χ1v) is 6.49. The Labute approximate surface area is 105 Å². The predicted octanol–water partition coefficient (Wildman–Crippen LogP) is 3.01. The van der Waals surface area contributed by atoms with Gasteiger partial charge in [-0.25, -0.2) is 0 Å². The second-order valence-electron chi connectivity index (χ2n) is 4.39. The lowest BCUT2D eigenvalue weighted by atomic mass is 9.96. The van der Waals surface area contributed by atoms with Gasteiger partial charge in [-0.05, 0) is 24.5 Å². The molecule has 16 heavy (non-hydrogen) atoms. The zero-order valence-corrected chi connectivity index (χ0v) is 11.0. The molecule has 1 aromatic rings. The van der Waals surface area contributed by atoms with Gasteiger partial charge in [0.05, 0.1) is 0 Å². The molecule has 0 heterocycles. The smallest absolute Gasteiger partial charge is 0.219 e. The molecule has 0 aromatic heterocycles. The fraction of sp³-hybridized carbons (Fsp3) is 0.462. The Morgan fingerprint density at radius 2 is 2.12 bits per heavy atom. The quantitative estimate of drug-likeness (QED) is 0.903. The Balaban J connectivity index is 2.09. The maximum absolute atomic E-state index is 11.3. The summed E-state index contributed by atoms with van der Waals surface area (Å²) < 4.78 is 1.15. The van der Waals surface area contributed by atoms with Crippen molar-refractivity contribution < 1.29 is 4.79 Å². The monoisotopic (exact) mass is 281 g/mol. The summed E-state index contributed by atoms with van der Waals surface area (Å²) in [7, 11) is 0. The molecule has 2 rings (SSSR count). The molecule has 86 valence electrons. The van der Waals surface area contributed by atoms with Crippen LogP contribution in [0.3, 0.4) is 0 Å². The van der Waals surface area contributed by atoms with Gasteiger partial charge in [-0.3, -0.25) is 4.79 Å². The van der Waals surface area contributed by atoms with Crippen molar-refractivity contribution in [2.45, 2.75) is 31.6 Å². The second-order valence-corrected chi connectivity index (χ2v) is 5.24. The maximum Gasteiger partial charge on any atom is 0.219 e. The largest absolute Gasteiger partial charge is 0.355 e. The Morgan fingerprint density at radius 1 is 1.44 bits per heavy atom. The highest BCUT2D eigenvalue weighted by atomic mass is 79.9. The first-order valence-electron chi connectivity index (χ1n) is 5.70. The number of halogens is 1. The molecule has 0 bridgehead atoms. The molecule has 1 amide bonds. The number of carbonyl (C=O) groups excluding carboxylic acids is 1. The van der Waals surface area contributed by atoms with Crippen molar-refractivity contribution in [3.05, 3.63) is 34.3 Å². The highest BCUT2D eigenvalue weighted by Gasteiger charge is 2.45. The standard InChI is InChI=1S/C13H16BrNO/c1-2-12(16)15-9-13(7-8-13)10-5-3-4-6-11(10)14/h3-6H,2,7-9H2,1H3,(H,15,16). The summed E-state index contributed by atoms with van der Waals surface area (Å²) in [6, 6.07) is 8.29. The van der Waals surface area contributed by atoms with Gasteiger partial charge in [0.25, 0.3) is 0 Å². The van der Waals surface area contributed by atoms with Crippen LogP contribution in [-0.4, -0.2) is 12.5 Å². The molecule has 0 saturated heterocycles. The molecule has 0 unspecified atom stereocenters. The average molecular weight is 282 g/mol. The van der Waals surface area contributed by atoms with E-state index in [1.807, 2.05) is 13.0 Å². The van der Waals surface area contributed by atoms with E-state index in [1.54, 1.807) is 0 Å². The van der Waals surface area contributed by atoms with Crippen LogP contribution in [0.4, 0.5) is 0 Å². The number of hydrogen-bond donors (Lipinski definition) is 1. The molecule has 0 atom stereocenters. The van der Waals surface area contributed by atoms with Crippen molar-refractivity contribution >= 4 is 21.8 Å². The molecule has 0 aliphatic heterocycles. The van der Waals surface area contributed by atoms with E-state index in [2.05, 4.69) is 39.4 Å². The van der Waals surface area contributed by atoms with E-state index in [-0.39, 0.29) is 11.3 Å². The second kappa shape index (κ2) is 4.58. The van der Waals surface area contributed by atoms with Gasteiger partial charge in [-0.2, -0.15) is 0 Å². The molecule has 1 N–H and O–H groups in total. The van der Waals surface area contributed by atoms with Gasteiger partial charge in [-0.1, -0.05) is 41.1 Å². The van der Waals surface area contributed by atoms with E-state index in [1.165, 1.54) is 18.4 Å². The van der Waals surface area contributed by atoms with Crippen LogP contribution in [0.2, 0.25) is 0 Å². The van der Waals surface area contributed by atoms with Crippen molar-refractivity contribution in [2.24, 2.45) is 0 Å². The van der Waals surface area contributed by atoms with Crippen LogP contribution >= 0.6 is 15.9 Å². The number of hydrogen-bond acceptors (Lipinski definition) is 1. The van der Waals surface area contributed by atoms with Gasteiger partial charge in [0.1, 0.15) is 0 Å². The summed E-state index contributed by atoms with van der Waals surface area (Å²) in [5, 5.41) is 3.00. The molecule has 0 radical (unpaired) electrons. The summed E-state index contributed by atoms with van der Waals surface area (Å²) >= 11 is 3.58. The Hall–Kier alpha value is -0.830. The highest BCUT2D eigenvalue weighted by molar-refractivity contribution is 9.10. The fourth-order valence-electron chi connectivity index (χ4n) is 1.98.